The van der Waals surface area contributed by atoms with Crippen molar-refractivity contribution in [2.75, 3.05) is 20.3 Å². The van der Waals surface area contributed by atoms with Gasteiger partial charge in [0.15, 0.2) is 11.5 Å². The molecule has 0 unspecified atom stereocenters. The maximum absolute atomic E-state index is 12.6. The molecular weight excluding hydrogens is 309 g/mol. The van der Waals surface area contributed by atoms with E-state index in [1.807, 2.05) is 19.1 Å². The van der Waals surface area contributed by atoms with Gasteiger partial charge in [0.05, 0.1) is 12.7 Å². The van der Waals surface area contributed by atoms with Gasteiger partial charge in [-0.1, -0.05) is 12.1 Å². The van der Waals surface area contributed by atoms with Crippen LogP contribution in [0.15, 0.2) is 42.5 Å². The number of methoxy groups -OCH3 is 1. The van der Waals surface area contributed by atoms with Crippen LogP contribution < -0.4 is 14.2 Å². The van der Waals surface area contributed by atoms with E-state index in [2.05, 4.69) is 0 Å². The standard InChI is InChI=1S/C17H17F3O3/c1-12-6-7-15(16(10-12)21-2)23-9-8-22-14-5-3-4-13(11-14)17(18,19)20/h3-7,10-11H,8-9H2,1-2H3. The maximum Gasteiger partial charge on any atom is 0.416 e. The first kappa shape index (κ1) is 17.0. The Morgan fingerprint density at radius 2 is 1.65 bits per heavy atom. The molecule has 0 aromatic heterocycles. The Labute approximate surface area is 132 Å². The van der Waals surface area contributed by atoms with Gasteiger partial charge in [-0.2, -0.15) is 13.2 Å². The molecule has 0 bridgehead atoms. The van der Waals surface area contributed by atoms with E-state index < -0.39 is 11.7 Å². The second-order valence-electron chi connectivity index (χ2n) is 4.88. The summed E-state index contributed by atoms with van der Waals surface area (Å²) >= 11 is 0. The van der Waals surface area contributed by atoms with E-state index in [1.165, 1.54) is 12.1 Å². The predicted molar refractivity (Wildman–Crippen MR) is 80.2 cm³/mol. The normalized spacial score (nSPS) is 11.2. The molecule has 0 aliphatic heterocycles. The second-order valence-corrected chi connectivity index (χ2v) is 4.88. The molecule has 0 radical (unpaired) electrons. The van der Waals surface area contributed by atoms with Crippen molar-refractivity contribution < 1.29 is 27.4 Å². The van der Waals surface area contributed by atoms with Crippen molar-refractivity contribution in [3.05, 3.63) is 53.6 Å². The van der Waals surface area contributed by atoms with Gasteiger partial charge in [-0.25, -0.2) is 0 Å². The summed E-state index contributed by atoms with van der Waals surface area (Å²) in [4.78, 5) is 0. The van der Waals surface area contributed by atoms with E-state index in [9.17, 15) is 13.2 Å². The number of benzene rings is 2. The molecule has 2 rings (SSSR count). The lowest BCUT2D eigenvalue weighted by Crippen LogP contribution is -2.10. The lowest BCUT2D eigenvalue weighted by molar-refractivity contribution is -0.137. The Kier molecular flexibility index (Phi) is 5.36. The van der Waals surface area contributed by atoms with Gasteiger partial charge in [-0.05, 0) is 42.8 Å². The van der Waals surface area contributed by atoms with Crippen LogP contribution in [-0.2, 0) is 6.18 Å². The van der Waals surface area contributed by atoms with Gasteiger partial charge in [0, 0.05) is 0 Å². The lowest BCUT2D eigenvalue weighted by atomic mass is 10.2. The zero-order valence-electron chi connectivity index (χ0n) is 12.8. The topological polar surface area (TPSA) is 27.7 Å². The van der Waals surface area contributed by atoms with E-state index in [-0.39, 0.29) is 19.0 Å². The number of halogens is 3. The number of alkyl halides is 3. The summed E-state index contributed by atoms with van der Waals surface area (Å²) in [5.41, 5.74) is 0.297. The number of aryl methyl sites for hydroxylation is 1. The van der Waals surface area contributed by atoms with Gasteiger partial charge >= 0.3 is 6.18 Å². The minimum absolute atomic E-state index is 0.123. The van der Waals surface area contributed by atoms with Gasteiger partial charge in [0.25, 0.3) is 0 Å². The second kappa shape index (κ2) is 7.26. The fourth-order valence-corrected chi connectivity index (χ4v) is 1.97. The monoisotopic (exact) mass is 326 g/mol. The van der Waals surface area contributed by atoms with Gasteiger partial charge in [0.1, 0.15) is 19.0 Å². The molecule has 0 spiro atoms. The Morgan fingerprint density at radius 3 is 2.35 bits per heavy atom. The molecule has 0 aliphatic rings. The van der Waals surface area contributed by atoms with E-state index >= 15 is 0 Å². The van der Waals surface area contributed by atoms with Crippen LogP contribution in [0.2, 0.25) is 0 Å². The highest BCUT2D eigenvalue weighted by molar-refractivity contribution is 5.42. The van der Waals surface area contributed by atoms with Crippen LogP contribution in [-0.4, -0.2) is 20.3 Å². The molecule has 0 N–H and O–H groups in total. The summed E-state index contributed by atoms with van der Waals surface area (Å²) in [6.45, 7) is 2.25. The van der Waals surface area contributed by atoms with Crippen molar-refractivity contribution in [3.8, 4) is 17.2 Å². The zero-order valence-corrected chi connectivity index (χ0v) is 12.8. The van der Waals surface area contributed by atoms with Crippen molar-refractivity contribution in [1.29, 1.82) is 0 Å². The summed E-state index contributed by atoms with van der Waals surface area (Å²) in [5.74, 6) is 1.31. The van der Waals surface area contributed by atoms with Crippen molar-refractivity contribution >= 4 is 0 Å². The molecule has 0 saturated heterocycles. The first-order valence-corrected chi connectivity index (χ1v) is 6.97. The predicted octanol–water partition coefficient (Wildman–Crippen LogP) is 4.48. The molecular formula is C17H17F3O3. The average molecular weight is 326 g/mol. The Morgan fingerprint density at radius 1 is 0.913 bits per heavy atom. The molecule has 3 nitrogen and oxygen atoms in total. The van der Waals surface area contributed by atoms with Crippen molar-refractivity contribution in [3.63, 3.8) is 0 Å². The molecule has 23 heavy (non-hydrogen) atoms. The lowest BCUT2D eigenvalue weighted by Gasteiger charge is -2.13. The highest BCUT2D eigenvalue weighted by Gasteiger charge is 2.30. The van der Waals surface area contributed by atoms with Gasteiger partial charge in [0.2, 0.25) is 0 Å². The van der Waals surface area contributed by atoms with Gasteiger partial charge in [-0.15, -0.1) is 0 Å². The highest BCUT2D eigenvalue weighted by Crippen LogP contribution is 2.31. The summed E-state index contributed by atoms with van der Waals surface area (Å²) in [6, 6.07) is 10.2. The summed E-state index contributed by atoms with van der Waals surface area (Å²) in [5, 5.41) is 0. The fourth-order valence-electron chi connectivity index (χ4n) is 1.97. The summed E-state index contributed by atoms with van der Waals surface area (Å²) in [7, 11) is 1.54. The van der Waals surface area contributed by atoms with Crippen LogP contribution in [0.5, 0.6) is 17.2 Å². The average Bonchev–Trinajstić information content (AvgIpc) is 2.52. The summed E-state index contributed by atoms with van der Waals surface area (Å²) in [6.07, 6.45) is -4.38. The SMILES string of the molecule is COc1cc(C)ccc1OCCOc1cccc(C(F)(F)F)c1. The van der Waals surface area contributed by atoms with Gasteiger partial charge < -0.3 is 14.2 Å². The molecule has 0 fully saturated rings. The van der Waals surface area contributed by atoms with Crippen molar-refractivity contribution in [2.45, 2.75) is 13.1 Å². The van der Waals surface area contributed by atoms with Gasteiger partial charge in [-0.3, -0.25) is 0 Å². The smallest absolute Gasteiger partial charge is 0.416 e. The van der Waals surface area contributed by atoms with Crippen molar-refractivity contribution in [2.24, 2.45) is 0 Å². The van der Waals surface area contributed by atoms with E-state index in [4.69, 9.17) is 14.2 Å². The molecule has 6 heteroatoms. The zero-order chi connectivity index (χ0) is 16.9. The molecule has 0 aliphatic carbocycles. The minimum atomic E-state index is -4.38. The summed E-state index contributed by atoms with van der Waals surface area (Å²) < 4.78 is 53.8. The minimum Gasteiger partial charge on any atom is -0.493 e. The number of hydrogen-bond acceptors (Lipinski definition) is 3. The molecule has 2 aromatic carbocycles. The fraction of sp³-hybridized carbons (Fsp3) is 0.294. The molecule has 0 amide bonds. The van der Waals surface area contributed by atoms with E-state index in [0.29, 0.717) is 11.5 Å². The molecule has 0 saturated carbocycles. The highest BCUT2D eigenvalue weighted by atomic mass is 19.4. The quantitative estimate of drug-likeness (QED) is 0.733. The largest absolute Gasteiger partial charge is 0.493 e. The van der Waals surface area contributed by atoms with Crippen LogP contribution in [0.1, 0.15) is 11.1 Å². The third-order valence-electron chi connectivity index (χ3n) is 3.09. The number of rotatable bonds is 6. The van der Waals surface area contributed by atoms with E-state index in [0.717, 1.165) is 17.7 Å². The molecule has 0 atom stereocenters. The van der Waals surface area contributed by atoms with Crippen molar-refractivity contribution in [1.82, 2.24) is 0 Å². The Hall–Kier alpha value is -2.37. The van der Waals surface area contributed by atoms with E-state index in [1.54, 1.807) is 13.2 Å². The number of ether oxygens (including phenoxy) is 3. The first-order chi connectivity index (χ1) is 10.9. The third kappa shape index (κ3) is 4.81. The van der Waals surface area contributed by atoms with Crippen LogP contribution in [0, 0.1) is 6.92 Å². The Balaban J connectivity index is 1.89. The molecule has 2 aromatic rings. The van der Waals surface area contributed by atoms with Crippen LogP contribution in [0.4, 0.5) is 13.2 Å². The molecule has 124 valence electrons. The van der Waals surface area contributed by atoms with Crippen LogP contribution in [0.3, 0.4) is 0 Å². The van der Waals surface area contributed by atoms with Crippen LogP contribution in [0.25, 0.3) is 0 Å². The first-order valence-electron chi connectivity index (χ1n) is 6.97. The molecule has 0 heterocycles. The van der Waals surface area contributed by atoms with Crippen LogP contribution >= 0.6 is 0 Å². The third-order valence-corrected chi connectivity index (χ3v) is 3.09. The maximum atomic E-state index is 12.6. The Bertz CT molecular complexity index is 654. The number of hydrogen-bond donors (Lipinski definition) is 0.